The van der Waals surface area contributed by atoms with E-state index in [0.717, 1.165) is 16.3 Å². The van der Waals surface area contributed by atoms with Crippen molar-refractivity contribution >= 4 is 28.3 Å². The van der Waals surface area contributed by atoms with Gasteiger partial charge >= 0.3 is 5.97 Å². The van der Waals surface area contributed by atoms with Crippen molar-refractivity contribution in [3.63, 3.8) is 0 Å². The average molecular weight is 389 g/mol. The summed E-state index contributed by atoms with van der Waals surface area (Å²) >= 11 is 0. The third-order valence-electron chi connectivity index (χ3n) is 5.60. The largest absolute Gasteiger partial charge is 0.481 e. The molecule has 0 saturated carbocycles. The monoisotopic (exact) mass is 389 g/mol. The Labute approximate surface area is 166 Å². The van der Waals surface area contributed by atoms with Crippen molar-refractivity contribution in [1.82, 2.24) is 9.78 Å². The highest BCUT2D eigenvalue weighted by Gasteiger charge is 2.53. The van der Waals surface area contributed by atoms with Crippen molar-refractivity contribution in [2.45, 2.75) is 18.8 Å². The van der Waals surface area contributed by atoms with Gasteiger partial charge in [0, 0.05) is 6.20 Å². The predicted octanol–water partition coefficient (Wildman–Crippen LogP) is 2.68. The summed E-state index contributed by atoms with van der Waals surface area (Å²) in [5, 5.41) is 18.9. The molecular formula is C22H19N3O4. The summed E-state index contributed by atoms with van der Waals surface area (Å²) in [7, 11) is 0. The number of carbonyl (C=O) groups excluding carboxylic acids is 1. The zero-order valence-corrected chi connectivity index (χ0v) is 15.4. The van der Waals surface area contributed by atoms with E-state index in [1.54, 1.807) is 29.2 Å². The Bertz CT molecular complexity index is 1130. The van der Waals surface area contributed by atoms with E-state index in [9.17, 15) is 14.7 Å². The van der Waals surface area contributed by atoms with Gasteiger partial charge in [0.15, 0.2) is 0 Å². The number of hydrogen-bond acceptors (Lipinski definition) is 4. The molecule has 2 bridgehead atoms. The Morgan fingerprint density at radius 1 is 1.07 bits per heavy atom. The molecule has 5 rings (SSSR count). The molecule has 7 heteroatoms. The molecule has 0 spiro atoms. The zero-order valence-electron chi connectivity index (χ0n) is 15.4. The number of amides is 1. The van der Waals surface area contributed by atoms with Crippen LogP contribution in [-0.4, -0.2) is 39.0 Å². The number of hydrogen-bond donors (Lipinski definition) is 2. The third kappa shape index (κ3) is 3.09. The minimum absolute atomic E-state index is 0.362. The number of carboxylic acids is 1. The molecule has 1 fully saturated rings. The van der Waals surface area contributed by atoms with Gasteiger partial charge in [-0.1, -0.05) is 54.6 Å². The second kappa shape index (κ2) is 6.86. The van der Waals surface area contributed by atoms with E-state index in [0.29, 0.717) is 12.2 Å². The molecule has 1 aromatic heterocycles. The number of anilines is 1. The van der Waals surface area contributed by atoms with Gasteiger partial charge in [-0.15, -0.1) is 0 Å². The van der Waals surface area contributed by atoms with Crippen LogP contribution in [0.3, 0.4) is 0 Å². The van der Waals surface area contributed by atoms with Crippen molar-refractivity contribution in [3.8, 4) is 0 Å². The Balaban J connectivity index is 1.32. The van der Waals surface area contributed by atoms with Crippen molar-refractivity contribution in [2.75, 3.05) is 5.32 Å². The van der Waals surface area contributed by atoms with Crippen LogP contribution in [0.25, 0.3) is 10.8 Å². The number of ether oxygens (including phenoxy) is 1. The van der Waals surface area contributed by atoms with Crippen LogP contribution in [0, 0.1) is 11.8 Å². The normalized spacial score (nSPS) is 24.8. The molecule has 2 N–H and O–H groups in total. The van der Waals surface area contributed by atoms with Crippen LogP contribution >= 0.6 is 0 Å². The lowest BCUT2D eigenvalue weighted by atomic mass is 9.82. The van der Waals surface area contributed by atoms with Crippen LogP contribution in [0.5, 0.6) is 0 Å². The maximum Gasteiger partial charge on any atom is 0.310 e. The molecule has 7 nitrogen and oxygen atoms in total. The molecule has 1 amide bonds. The second-order valence-electron chi connectivity index (χ2n) is 7.39. The number of carboxylic acid groups (broad SMARTS) is 1. The summed E-state index contributed by atoms with van der Waals surface area (Å²) < 4.78 is 7.32. The van der Waals surface area contributed by atoms with E-state index >= 15 is 0 Å². The van der Waals surface area contributed by atoms with Gasteiger partial charge in [-0.25, -0.2) is 0 Å². The van der Waals surface area contributed by atoms with Crippen molar-refractivity contribution in [2.24, 2.45) is 11.8 Å². The molecule has 1 saturated heterocycles. The molecule has 0 unspecified atom stereocenters. The fraction of sp³-hybridized carbons (Fsp3) is 0.227. The number of aliphatic carboxylic acids is 1. The molecule has 29 heavy (non-hydrogen) atoms. The summed E-state index contributed by atoms with van der Waals surface area (Å²) in [4.78, 5) is 24.3. The van der Waals surface area contributed by atoms with Crippen LogP contribution in [0.15, 0.2) is 67.0 Å². The zero-order chi connectivity index (χ0) is 20.0. The average Bonchev–Trinajstić information content (AvgIpc) is 3.44. The molecule has 4 atom stereocenters. The van der Waals surface area contributed by atoms with Gasteiger partial charge in [0.1, 0.15) is 5.92 Å². The number of fused-ring (bicyclic) bond motifs is 3. The van der Waals surface area contributed by atoms with Gasteiger partial charge in [-0.05, 0) is 16.3 Å². The van der Waals surface area contributed by atoms with Crippen molar-refractivity contribution in [3.05, 3.63) is 72.6 Å². The van der Waals surface area contributed by atoms with Gasteiger partial charge in [0.05, 0.1) is 36.6 Å². The van der Waals surface area contributed by atoms with Crippen LogP contribution in [-0.2, 0) is 20.9 Å². The van der Waals surface area contributed by atoms with E-state index in [4.69, 9.17) is 4.74 Å². The Kier molecular flexibility index (Phi) is 4.17. The molecule has 0 radical (unpaired) electrons. The Morgan fingerprint density at radius 2 is 1.83 bits per heavy atom. The first-order valence-corrected chi connectivity index (χ1v) is 9.47. The van der Waals surface area contributed by atoms with Gasteiger partial charge in [-0.3, -0.25) is 14.3 Å². The minimum Gasteiger partial charge on any atom is -0.481 e. The number of aromatic nitrogens is 2. The maximum absolute atomic E-state index is 12.7. The maximum atomic E-state index is 12.7. The van der Waals surface area contributed by atoms with Crippen molar-refractivity contribution in [1.29, 1.82) is 0 Å². The summed E-state index contributed by atoms with van der Waals surface area (Å²) in [6.45, 7) is 0.564. The number of benzene rings is 2. The van der Waals surface area contributed by atoms with Crippen LogP contribution in [0.1, 0.15) is 5.56 Å². The molecule has 2 aliphatic rings. The highest BCUT2D eigenvalue weighted by molar-refractivity contribution is 5.96. The number of rotatable bonds is 5. The van der Waals surface area contributed by atoms with Gasteiger partial charge < -0.3 is 15.2 Å². The van der Waals surface area contributed by atoms with Crippen molar-refractivity contribution < 1.29 is 19.4 Å². The molecule has 2 aromatic carbocycles. The summed E-state index contributed by atoms with van der Waals surface area (Å²) in [6.07, 6.45) is 5.77. The lowest BCUT2D eigenvalue weighted by Gasteiger charge is -2.20. The summed E-state index contributed by atoms with van der Waals surface area (Å²) in [5.41, 5.74) is 1.66. The highest BCUT2D eigenvalue weighted by atomic mass is 16.5. The molecule has 3 aromatic rings. The van der Waals surface area contributed by atoms with E-state index in [-0.39, 0.29) is 5.91 Å². The molecular weight excluding hydrogens is 370 g/mol. The Morgan fingerprint density at radius 3 is 2.66 bits per heavy atom. The molecule has 146 valence electrons. The van der Waals surface area contributed by atoms with Crippen LogP contribution in [0.2, 0.25) is 0 Å². The highest BCUT2D eigenvalue weighted by Crippen LogP contribution is 2.39. The molecule has 3 heterocycles. The Hall–Kier alpha value is -3.45. The van der Waals surface area contributed by atoms with E-state index in [1.807, 2.05) is 18.2 Å². The van der Waals surface area contributed by atoms with Gasteiger partial charge in [0.2, 0.25) is 5.91 Å². The standard InChI is InChI=1S/C22H19N3O4/c26-21(19-17-8-9-18(29-17)20(19)22(27)28)24-15-10-23-25(12-15)11-14-6-3-5-13-4-1-2-7-16(13)14/h1-10,12,17-20H,11H2,(H,24,26)(H,27,28)/t17-,18-,19+,20+/m1/s1. The SMILES string of the molecule is O=C(O)[C@@H]1[C@@H](C(=O)Nc2cnn(Cc3cccc4ccccc34)c2)[C@H]2C=C[C@H]1O2. The lowest BCUT2D eigenvalue weighted by molar-refractivity contribution is -0.145. The molecule has 0 aliphatic carbocycles. The predicted molar refractivity (Wildman–Crippen MR) is 106 cm³/mol. The first kappa shape index (κ1) is 17.6. The quantitative estimate of drug-likeness (QED) is 0.655. The summed E-state index contributed by atoms with van der Waals surface area (Å²) in [5.74, 6) is -2.99. The van der Waals surface area contributed by atoms with E-state index in [1.165, 1.54) is 0 Å². The fourth-order valence-corrected chi connectivity index (χ4v) is 4.26. The number of carbonyl (C=O) groups is 2. The first-order valence-electron chi connectivity index (χ1n) is 9.47. The van der Waals surface area contributed by atoms with E-state index in [2.05, 4.69) is 34.7 Å². The topological polar surface area (TPSA) is 93.5 Å². The third-order valence-corrected chi connectivity index (χ3v) is 5.60. The lowest BCUT2D eigenvalue weighted by Crippen LogP contribution is -2.39. The summed E-state index contributed by atoms with van der Waals surface area (Å²) in [6, 6.07) is 14.3. The van der Waals surface area contributed by atoms with E-state index < -0.39 is 30.0 Å². The van der Waals surface area contributed by atoms with Gasteiger partial charge in [0.25, 0.3) is 0 Å². The number of nitrogens with zero attached hydrogens (tertiary/aromatic N) is 2. The fourth-order valence-electron chi connectivity index (χ4n) is 4.26. The van der Waals surface area contributed by atoms with Gasteiger partial charge in [-0.2, -0.15) is 5.10 Å². The minimum atomic E-state index is -1.02. The second-order valence-corrected chi connectivity index (χ2v) is 7.39. The number of nitrogens with one attached hydrogen (secondary N) is 1. The smallest absolute Gasteiger partial charge is 0.310 e. The molecule has 2 aliphatic heterocycles. The van der Waals surface area contributed by atoms with Crippen LogP contribution < -0.4 is 5.32 Å². The van der Waals surface area contributed by atoms with Crippen LogP contribution in [0.4, 0.5) is 5.69 Å². The first-order chi connectivity index (χ1) is 14.1.